The average Bonchev–Trinajstić information content (AvgIpc) is 3.20. The third-order valence-corrected chi connectivity index (χ3v) is 4.51. The minimum atomic E-state index is -0.538. The van der Waals surface area contributed by atoms with Crippen molar-refractivity contribution in [3.05, 3.63) is 65.0 Å². The molecule has 1 amide bonds. The zero-order valence-electron chi connectivity index (χ0n) is 16.6. The Balaban J connectivity index is 1.63. The third kappa shape index (κ3) is 4.08. The molecule has 0 bridgehead atoms. The Bertz CT molecular complexity index is 1310. The smallest absolute Gasteiger partial charge is 0.267 e. The van der Waals surface area contributed by atoms with Gasteiger partial charge in [0.05, 0.1) is 14.2 Å². The van der Waals surface area contributed by atoms with Gasteiger partial charge in [0.15, 0.2) is 0 Å². The van der Waals surface area contributed by atoms with E-state index in [0.29, 0.717) is 22.7 Å². The Hall–Kier alpha value is -4.21. The Morgan fingerprint density at radius 2 is 1.90 bits per heavy atom. The summed E-state index contributed by atoms with van der Waals surface area (Å²) in [6.07, 6.45) is 1.19. The van der Waals surface area contributed by atoms with Crippen LogP contribution >= 0.6 is 0 Å². The predicted octanol–water partition coefficient (Wildman–Crippen LogP) is 2.85. The third-order valence-electron chi connectivity index (χ3n) is 4.51. The highest BCUT2D eigenvalue weighted by atomic mass is 19.1. The van der Waals surface area contributed by atoms with Crippen molar-refractivity contribution in [2.75, 3.05) is 19.5 Å². The monoisotopic (exact) mass is 424 g/mol. The number of carbonyl (C=O) groups excluding carboxylic acids is 1. The van der Waals surface area contributed by atoms with Gasteiger partial charge in [-0.3, -0.25) is 14.2 Å². The summed E-state index contributed by atoms with van der Waals surface area (Å²) < 4.78 is 30.2. The van der Waals surface area contributed by atoms with E-state index >= 15 is 0 Å². The van der Waals surface area contributed by atoms with E-state index in [1.54, 1.807) is 24.3 Å². The normalized spacial score (nSPS) is 10.8. The van der Waals surface area contributed by atoms with Gasteiger partial charge in [0.1, 0.15) is 41.3 Å². The lowest BCUT2D eigenvalue weighted by atomic mass is 10.1. The lowest BCUT2D eigenvalue weighted by Gasteiger charge is -2.10. The lowest BCUT2D eigenvalue weighted by molar-refractivity contribution is -0.116. The fraction of sp³-hybridized carbons (Fsp3) is 0.143. The van der Waals surface area contributed by atoms with Crippen LogP contribution in [0.3, 0.4) is 0 Å². The molecule has 0 aliphatic carbocycles. The molecule has 0 radical (unpaired) electrons. The Labute approximate surface area is 175 Å². The first-order valence-electron chi connectivity index (χ1n) is 9.12. The van der Waals surface area contributed by atoms with Gasteiger partial charge in [0.25, 0.3) is 11.3 Å². The van der Waals surface area contributed by atoms with E-state index in [4.69, 9.17) is 14.0 Å². The minimum Gasteiger partial charge on any atom is -0.497 e. The summed E-state index contributed by atoms with van der Waals surface area (Å²) in [5, 5.41) is 6.59. The topological polar surface area (TPSA) is 108 Å². The zero-order valence-corrected chi connectivity index (χ0v) is 16.6. The molecule has 0 atom stereocenters. The van der Waals surface area contributed by atoms with Crippen LogP contribution in [0.2, 0.25) is 0 Å². The van der Waals surface area contributed by atoms with Crippen molar-refractivity contribution in [3.63, 3.8) is 0 Å². The van der Waals surface area contributed by atoms with Crippen molar-refractivity contribution in [3.8, 4) is 22.8 Å². The molecule has 0 unspecified atom stereocenters. The number of fused-ring (bicyclic) bond motifs is 1. The second-order valence-electron chi connectivity index (χ2n) is 6.55. The summed E-state index contributed by atoms with van der Waals surface area (Å²) in [6, 6.07) is 10.5. The summed E-state index contributed by atoms with van der Waals surface area (Å²) >= 11 is 0. The van der Waals surface area contributed by atoms with Crippen LogP contribution in [-0.2, 0) is 11.3 Å². The molecule has 0 spiro atoms. The van der Waals surface area contributed by atoms with Gasteiger partial charge in [-0.1, -0.05) is 17.3 Å². The van der Waals surface area contributed by atoms with E-state index in [1.165, 1.54) is 38.7 Å². The van der Waals surface area contributed by atoms with Gasteiger partial charge >= 0.3 is 0 Å². The molecular weight excluding hydrogens is 407 g/mol. The molecule has 2 aromatic heterocycles. The first kappa shape index (κ1) is 20.1. The Morgan fingerprint density at radius 3 is 2.58 bits per heavy atom. The fourth-order valence-corrected chi connectivity index (χ4v) is 3.06. The summed E-state index contributed by atoms with van der Waals surface area (Å²) in [4.78, 5) is 29.6. The van der Waals surface area contributed by atoms with Crippen molar-refractivity contribution in [1.29, 1.82) is 0 Å². The molecule has 0 fully saturated rings. The molecule has 0 aliphatic rings. The quantitative estimate of drug-likeness (QED) is 0.507. The van der Waals surface area contributed by atoms with Gasteiger partial charge in [-0.05, 0) is 12.1 Å². The second kappa shape index (κ2) is 8.27. The molecule has 158 valence electrons. The van der Waals surface area contributed by atoms with Crippen molar-refractivity contribution < 1.29 is 23.2 Å². The maximum atomic E-state index is 13.6. The molecule has 31 heavy (non-hydrogen) atoms. The molecule has 10 heteroatoms. The van der Waals surface area contributed by atoms with E-state index in [9.17, 15) is 14.0 Å². The molecule has 4 aromatic rings. The first-order valence-corrected chi connectivity index (χ1v) is 9.12. The van der Waals surface area contributed by atoms with E-state index in [0.717, 1.165) is 4.57 Å². The van der Waals surface area contributed by atoms with Crippen LogP contribution in [0.25, 0.3) is 22.4 Å². The molecule has 2 aromatic carbocycles. The number of ether oxygens (including phenoxy) is 2. The van der Waals surface area contributed by atoms with Crippen LogP contribution < -0.4 is 20.3 Å². The summed E-state index contributed by atoms with van der Waals surface area (Å²) in [5.41, 5.74) is 0.415. The SMILES string of the molecule is COc1cc(NC(=O)Cn2cnc3onc(-c4cccc(F)c4)c3c2=O)cc(OC)c1. The van der Waals surface area contributed by atoms with Gasteiger partial charge in [-0.2, -0.15) is 0 Å². The maximum Gasteiger partial charge on any atom is 0.267 e. The maximum absolute atomic E-state index is 13.6. The summed E-state index contributed by atoms with van der Waals surface area (Å²) in [6.45, 7) is -0.310. The Morgan fingerprint density at radius 1 is 1.16 bits per heavy atom. The van der Waals surface area contributed by atoms with Crippen LogP contribution in [-0.4, -0.2) is 34.8 Å². The first-order chi connectivity index (χ1) is 15.0. The average molecular weight is 424 g/mol. The molecule has 9 nitrogen and oxygen atoms in total. The van der Waals surface area contributed by atoms with Crippen LogP contribution in [0, 0.1) is 5.82 Å². The number of nitrogens with zero attached hydrogens (tertiary/aromatic N) is 3. The molecule has 4 rings (SSSR count). The molecule has 1 N–H and O–H groups in total. The number of aromatic nitrogens is 3. The fourth-order valence-electron chi connectivity index (χ4n) is 3.06. The van der Waals surface area contributed by atoms with E-state index < -0.39 is 17.3 Å². The number of hydrogen-bond acceptors (Lipinski definition) is 7. The highest BCUT2D eigenvalue weighted by Gasteiger charge is 2.18. The highest BCUT2D eigenvalue weighted by Crippen LogP contribution is 2.26. The van der Waals surface area contributed by atoms with Crippen LogP contribution in [0.1, 0.15) is 0 Å². The van der Waals surface area contributed by atoms with E-state index in [2.05, 4.69) is 15.5 Å². The zero-order chi connectivity index (χ0) is 22.0. The molecule has 0 saturated carbocycles. The Kier molecular flexibility index (Phi) is 5.35. The molecular formula is C21H17FN4O5. The number of methoxy groups -OCH3 is 2. The van der Waals surface area contributed by atoms with E-state index in [1.807, 2.05) is 0 Å². The largest absolute Gasteiger partial charge is 0.497 e. The standard InChI is InChI=1S/C21H17FN4O5/c1-29-15-7-14(8-16(9-15)30-2)24-17(27)10-26-11-23-20-18(21(26)28)19(25-31-20)12-4-3-5-13(22)6-12/h3-9,11H,10H2,1-2H3,(H,24,27). The number of halogens is 1. The van der Waals surface area contributed by atoms with Gasteiger partial charge in [-0.25, -0.2) is 9.37 Å². The van der Waals surface area contributed by atoms with E-state index in [-0.39, 0.29) is 23.3 Å². The van der Waals surface area contributed by atoms with Crippen molar-refractivity contribution in [2.45, 2.75) is 6.54 Å². The number of anilines is 1. The number of nitrogens with one attached hydrogen (secondary N) is 1. The number of benzene rings is 2. The van der Waals surface area contributed by atoms with Gasteiger partial charge < -0.3 is 19.3 Å². The number of rotatable bonds is 6. The number of carbonyl (C=O) groups is 1. The van der Waals surface area contributed by atoms with Gasteiger partial charge in [-0.15, -0.1) is 0 Å². The minimum absolute atomic E-state index is 0.00143. The molecule has 0 saturated heterocycles. The highest BCUT2D eigenvalue weighted by molar-refractivity contribution is 5.92. The molecule has 2 heterocycles. The van der Waals surface area contributed by atoms with Crippen molar-refractivity contribution in [1.82, 2.24) is 14.7 Å². The number of amides is 1. The van der Waals surface area contributed by atoms with Crippen LogP contribution in [0.15, 0.2) is 58.1 Å². The van der Waals surface area contributed by atoms with Gasteiger partial charge in [0.2, 0.25) is 5.91 Å². The molecule has 0 aliphatic heterocycles. The number of hydrogen-bond donors (Lipinski definition) is 1. The van der Waals surface area contributed by atoms with Crippen LogP contribution in [0.4, 0.5) is 10.1 Å². The van der Waals surface area contributed by atoms with Crippen molar-refractivity contribution in [2.24, 2.45) is 0 Å². The van der Waals surface area contributed by atoms with Gasteiger partial charge in [0, 0.05) is 29.4 Å². The summed E-state index contributed by atoms with van der Waals surface area (Å²) in [5.74, 6) is 0.0477. The predicted molar refractivity (Wildman–Crippen MR) is 110 cm³/mol. The summed E-state index contributed by atoms with van der Waals surface area (Å²) in [7, 11) is 2.99. The lowest BCUT2D eigenvalue weighted by Crippen LogP contribution is -2.27. The second-order valence-corrected chi connectivity index (χ2v) is 6.55. The van der Waals surface area contributed by atoms with Crippen LogP contribution in [0.5, 0.6) is 11.5 Å². The van der Waals surface area contributed by atoms with Crippen molar-refractivity contribution >= 4 is 22.7 Å².